The van der Waals surface area contributed by atoms with E-state index >= 15 is 0 Å². The second kappa shape index (κ2) is 6.65. The van der Waals surface area contributed by atoms with Crippen LogP contribution in [0.2, 0.25) is 0 Å². The minimum atomic E-state index is -0.264. The van der Waals surface area contributed by atoms with Crippen LogP contribution in [0.1, 0.15) is 15.9 Å². The van der Waals surface area contributed by atoms with Crippen molar-refractivity contribution in [1.29, 1.82) is 10.5 Å². The van der Waals surface area contributed by atoms with Crippen molar-refractivity contribution >= 4 is 17.2 Å². The molecule has 0 spiro atoms. The molecular weight excluding hydrogens is 264 g/mol. The molecule has 0 saturated carbocycles. The van der Waals surface area contributed by atoms with Gasteiger partial charge in [-0.2, -0.15) is 15.6 Å². The predicted octanol–water partition coefficient (Wildman–Crippen LogP) is 2.73. The first-order valence-electron chi connectivity index (χ1n) is 6.08. The zero-order chi connectivity index (χ0) is 15.1. The summed E-state index contributed by atoms with van der Waals surface area (Å²) in [5.41, 5.74) is 4.08. The maximum Gasteiger partial charge on any atom is 0.237 e. The Morgan fingerprint density at radius 3 is 2.05 bits per heavy atom. The van der Waals surface area contributed by atoms with Crippen LogP contribution < -0.4 is 5.43 Å². The van der Waals surface area contributed by atoms with Crippen molar-refractivity contribution in [3.8, 4) is 12.1 Å². The van der Waals surface area contributed by atoms with Gasteiger partial charge < -0.3 is 0 Å². The highest BCUT2D eigenvalue weighted by atomic mass is 16.1. The molecule has 2 aromatic rings. The molecule has 21 heavy (non-hydrogen) atoms. The Morgan fingerprint density at radius 2 is 1.48 bits per heavy atom. The molecule has 0 radical (unpaired) electrons. The summed E-state index contributed by atoms with van der Waals surface area (Å²) in [6.07, 6.45) is 0. The van der Waals surface area contributed by atoms with Crippen LogP contribution in [0, 0.1) is 22.7 Å². The van der Waals surface area contributed by atoms with Gasteiger partial charge in [0.25, 0.3) is 0 Å². The average Bonchev–Trinajstić information content (AvgIpc) is 2.56. The molecule has 0 amide bonds. The number of hydrazone groups is 1. The molecule has 0 bridgehead atoms. The number of hydrogen-bond donors (Lipinski definition) is 1. The predicted molar refractivity (Wildman–Crippen MR) is 78.6 cm³/mol. The molecule has 2 aromatic carbocycles. The Hall–Kier alpha value is -3.44. The van der Waals surface area contributed by atoms with Gasteiger partial charge in [0.05, 0.1) is 5.69 Å². The number of carbonyl (C=O) groups is 1. The molecule has 0 aromatic heterocycles. The number of hydrogen-bond acceptors (Lipinski definition) is 5. The van der Waals surface area contributed by atoms with Gasteiger partial charge in [-0.3, -0.25) is 10.2 Å². The van der Waals surface area contributed by atoms with E-state index in [1.54, 1.807) is 48.5 Å². The van der Waals surface area contributed by atoms with Crippen LogP contribution in [0.25, 0.3) is 0 Å². The molecule has 0 heterocycles. The third-order valence-electron chi connectivity index (χ3n) is 2.69. The van der Waals surface area contributed by atoms with Crippen LogP contribution in [-0.2, 0) is 0 Å². The molecular formula is C16H10N4O. The lowest BCUT2D eigenvalue weighted by molar-refractivity contribution is 0.103. The molecule has 0 atom stereocenters. The van der Waals surface area contributed by atoms with Crippen molar-refractivity contribution in [2.45, 2.75) is 0 Å². The second-order valence-corrected chi connectivity index (χ2v) is 4.07. The van der Waals surface area contributed by atoms with Crippen molar-refractivity contribution in [3.63, 3.8) is 0 Å². The van der Waals surface area contributed by atoms with Gasteiger partial charge in [-0.1, -0.05) is 30.3 Å². The van der Waals surface area contributed by atoms with E-state index in [-0.39, 0.29) is 11.5 Å². The Labute approximate surface area is 121 Å². The van der Waals surface area contributed by atoms with Gasteiger partial charge >= 0.3 is 0 Å². The number of carbonyl (C=O) groups excluding carboxylic acids is 1. The summed E-state index contributed by atoms with van der Waals surface area (Å²) >= 11 is 0. The van der Waals surface area contributed by atoms with Crippen molar-refractivity contribution in [3.05, 3.63) is 65.7 Å². The number of nitriles is 2. The molecule has 0 aliphatic heterocycles. The van der Waals surface area contributed by atoms with E-state index in [0.717, 1.165) is 0 Å². The van der Waals surface area contributed by atoms with E-state index in [0.29, 0.717) is 16.8 Å². The Kier molecular flexibility index (Phi) is 4.42. The molecule has 5 nitrogen and oxygen atoms in total. The molecule has 0 aliphatic carbocycles. The Bertz CT molecular complexity index is 734. The van der Waals surface area contributed by atoms with E-state index in [9.17, 15) is 4.79 Å². The number of nitrogens with one attached hydrogen (secondary N) is 1. The van der Waals surface area contributed by atoms with Crippen molar-refractivity contribution < 1.29 is 4.79 Å². The fourth-order valence-corrected chi connectivity index (χ4v) is 1.65. The lowest BCUT2D eigenvalue weighted by atomic mass is 10.0. The van der Waals surface area contributed by atoms with E-state index in [2.05, 4.69) is 10.5 Å². The Morgan fingerprint density at radius 1 is 0.905 bits per heavy atom. The zero-order valence-corrected chi connectivity index (χ0v) is 10.9. The summed E-state index contributed by atoms with van der Waals surface area (Å²) in [6, 6.07) is 18.9. The van der Waals surface area contributed by atoms with Gasteiger partial charge in [-0.25, -0.2) is 0 Å². The normalized spacial score (nSPS) is 9.05. The summed E-state index contributed by atoms with van der Waals surface area (Å²) in [5, 5.41) is 20.7. The summed E-state index contributed by atoms with van der Waals surface area (Å²) < 4.78 is 0. The third kappa shape index (κ3) is 3.52. The number of anilines is 1. The van der Waals surface area contributed by atoms with Crippen LogP contribution in [0.5, 0.6) is 0 Å². The number of nitrogens with zero attached hydrogens (tertiary/aromatic N) is 3. The van der Waals surface area contributed by atoms with Gasteiger partial charge in [-0.05, 0) is 24.3 Å². The lowest BCUT2D eigenvalue weighted by Crippen LogP contribution is -2.01. The van der Waals surface area contributed by atoms with Gasteiger partial charge in [0, 0.05) is 11.1 Å². The van der Waals surface area contributed by atoms with Crippen LogP contribution in [0.15, 0.2) is 59.7 Å². The van der Waals surface area contributed by atoms with Crippen molar-refractivity contribution in [1.82, 2.24) is 0 Å². The second-order valence-electron chi connectivity index (χ2n) is 4.07. The highest BCUT2D eigenvalue weighted by Crippen LogP contribution is 2.13. The van der Waals surface area contributed by atoms with Gasteiger partial charge in [0.15, 0.2) is 5.78 Å². The molecule has 1 N–H and O–H groups in total. The molecule has 0 unspecified atom stereocenters. The monoisotopic (exact) mass is 274 g/mol. The first kappa shape index (κ1) is 14.0. The maximum absolute atomic E-state index is 12.2. The smallest absolute Gasteiger partial charge is 0.237 e. The summed E-state index contributed by atoms with van der Waals surface area (Å²) in [6.45, 7) is 0. The summed E-state index contributed by atoms with van der Waals surface area (Å²) in [7, 11) is 0. The minimum Gasteiger partial charge on any atom is -0.289 e. The molecule has 0 fully saturated rings. The van der Waals surface area contributed by atoms with Crippen LogP contribution in [0.4, 0.5) is 5.69 Å². The van der Waals surface area contributed by atoms with E-state index in [1.807, 2.05) is 18.2 Å². The molecule has 0 aliphatic rings. The standard InChI is InChI=1S/C16H10N4O/c17-10-15(11-18)20-19-14-8-6-13(7-9-14)16(21)12-4-2-1-3-5-12/h1-9,19H. The molecule has 2 rings (SSSR count). The number of rotatable bonds is 4. The maximum atomic E-state index is 12.2. The van der Waals surface area contributed by atoms with Crippen molar-refractivity contribution in [2.75, 3.05) is 5.43 Å². The van der Waals surface area contributed by atoms with Gasteiger partial charge in [0.2, 0.25) is 5.71 Å². The average molecular weight is 274 g/mol. The van der Waals surface area contributed by atoms with E-state index in [4.69, 9.17) is 10.5 Å². The van der Waals surface area contributed by atoms with E-state index in [1.165, 1.54) is 0 Å². The van der Waals surface area contributed by atoms with Crippen LogP contribution >= 0.6 is 0 Å². The highest BCUT2D eigenvalue weighted by molar-refractivity contribution is 6.10. The van der Waals surface area contributed by atoms with E-state index < -0.39 is 0 Å². The number of benzene rings is 2. The third-order valence-corrected chi connectivity index (χ3v) is 2.69. The summed E-state index contributed by atoms with van der Waals surface area (Å²) in [5.74, 6) is -0.0691. The zero-order valence-electron chi connectivity index (χ0n) is 10.9. The highest BCUT2D eigenvalue weighted by Gasteiger charge is 2.07. The van der Waals surface area contributed by atoms with Gasteiger partial charge in [0.1, 0.15) is 12.1 Å². The molecule has 5 heteroatoms. The lowest BCUT2D eigenvalue weighted by Gasteiger charge is -2.03. The fraction of sp³-hybridized carbons (Fsp3) is 0. The molecule has 100 valence electrons. The Balaban J connectivity index is 2.13. The summed E-state index contributed by atoms with van der Waals surface area (Å²) in [4.78, 5) is 12.2. The minimum absolute atomic E-state index is 0.0691. The SMILES string of the molecule is N#CC(C#N)=NNc1ccc(C(=O)c2ccccc2)cc1. The quantitative estimate of drug-likeness (QED) is 0.527. The topological polar surface area (TPSA) is 89.0 Å². The van der Waals surface area contributed by atoms with Crippen LogP contribution in [-0.4, -0.2) is 11.5 Å². The van der Waals surface area contributed by atoms with Gasteiger partial charge in [-0.15, -0.1) is 0 Å². The molecule has 0 saturated heterocycles. The van der Waals surface area contributed by atoms with Crippen LogP contribution in [0.3, 0.4) is 0 Å². The van der Waals surface area contributed by atoms with Crippen molar-refractivity contribution in [2.24, 2.45) is 5.10 Å². The fourth-order valence-electron chi connectivity index (χ4n) is 1.65. The first-order valence-corrected chi connectivity index (χ1v) is 6.08. The number of ketones is 1. The first-order chi connectivity index (χ1) is 10.2. The largest absolute Gasteiger partial charge is 0.289 e.